The molecule has 1 aliphatic rings. The molecule has 0 radical (unpaired) electrons. The topological polar surface area (TPSA) is 36.4 Å². The van der Waals surface area contributed by atoms with Crippen LogP contribution in [0.15, 0.2) is 4.99 Å². The first-order chi connectivity index (χ1) is 4.43. The Kier molecular flexibility index (Phi) is 1.97. The molecule has 0 aromatic heterocycles. The lowest BCUT2D eigenvalue weighted by molar-refractivity contribution is 0.942. The molecule has 1 heterocycles. The summed E-state index contributed by atoms with van der Waals surface area (Å²) in [7, 11) is 0. The van der Waals surface area contributed by atoms with Crippen molar-refractivity contribution < 1.29 is 0 Å². The van der Waals surface area contributed by atoms with E-state index in [9.17, 15) is 0 Å². The fourth-order valence-corrected chi connectivity index (χ4v) is 0.661. The van der Waals surface area contributed by atoms with Gasteiger partial charge in [-0.05, 0) is 0 Å². The molecular weight excluding hydrogens is 114 g/mol. The molecule has 48 valence electrons. The van der Waals surface area contributed by atoms with Gasteiger partial charge in [-0.3, -0.25) is 0 Å². The van der Waals surface area contributed by atoms with Crippen LogP contribution in [0.2, 0.25) is 0 Å². The van der Waals surface area contributed by atoms with Gasteiger partial charge in [-0.15, -0.1) is 6.42 Å². The minimum atomic E-state index is 0.454. The van der Waals surface area contributed by atoms with Crippen LogP contribution in [-0.4, -0.2) is 25.6 Å². The van der Waals surface area contributed by atoms with Crippen molar-refractivity contribution in [2.24, 2.45) is 4.99 Å². The number of rotatable bonds is 1. The van der Waals surface area contributed by atoms with Gasteiger partial charge in [-0.1, -0.05) is 5.92 Å². The van der Waals surface area contributed by atoms with E-state index in [1.165, 1.54) is 0 Å². The number of aliphatic imine (C=N–C) groups is 1. The van der Waals surface area contributed by atoms with Crippen LogP contribution in [0.3, 0.4) is 0 Å². The van der Waals surface area contributed by atoms with E-state index in [0.29, 0.717) is 6.54 Å². The summed E-state index contributed by atoms with van der Waals surface area (Å²) in [6.45, 7) is 2.35. The van der Waals surface area contributed by atoms with Crippen LogP contribution >= 0.6 is 0 Å². The number of terminal acetylenes is 1. The van der Waals surface area contributed by atoms with Crippen molar-refractivity contribution >= 4 is 5.96 Å². The van der Waals surface area contributed by atoms with Gasteiger partial charge in [0.05, 0.1) is 0 Å². The van der Waals surface area contributed by atoms with Gasteiger partial charge in [-0.25, -0.2) is 4.99 Å². The maximum absolute atomic E-state index is 4.99. The molecule has 0 aromatic carbocycles. The quantitative estimate of drug-likeness (QED) is 0.446. The van der Waals surface area contributed by atoms with Crippen LogP contribution in [0.1, 0.15) is 0 Å². The second-order valence-electron chi connectivity index (χ2n) is 1.72. The molecule has 3 heteroatoms. The molecule has 0 bridgehead atoms. The first-order valence-corrected chi connectivity index (χ1v) is 2.89. The van der Waals surface area contributed by atoms with Crippen molar-refractivity contribution in [2.75, 3.05) is 19.6 Å². The number of guanidine groups is 1. The molecule has 1 fully saturated rings. The van der Waals surface area contributed by atoms with Crippen LogP contribution in [0.25, 0.3) is 0 Å². The number of hydrogen-bond acceptors (Lipinski definition) is 1. The smallest absolute Gasteiger partial charge is 0.192 e. The Labute approximate surface area is 54.6 Å². The van der Waals surface area contributed by atoms with Gasteiger partial charge in [0.25, 0.3) is 0 Å². The van der Waals surface area contributed by atoms with Gasteiger partial charge < -0.3 is 10.6 Å². The van der Waals surface area contributed by atoms with E-state index in [1.807, 2.05) is 0 Å². The summed E-state index contributed by atoms with van der Waals surface area (Å²) in [4.78, 5) is 4.00. The SMILES string of the molecule is C#CCN=C1NCCN1. The van der Waals surface area contributed by atoms with E-state index in [4.69, 9.17) is 6.42 Å². The highest BCUT2D eigenvalue weighted by Crippen LogP contribution is 1.76. The molecule has 1 rings (SSSR count). The second-order valence-corrected chi connectivity index (χ2v) is 1.72. The van der Waals surface area contributed by atoms with Gasteiger partial charge in [-0.2, -0.15) is 0 Å². The highest BCUT2D eigenvalue weighted by Gasteiger charge is 2.01. The van der Waals surface area contributed by atoms with Crippen molar-refractivity contribution in [1.82, 2.24) is 10.6 Å². The normalized spacial score (nSPS) is 15.7. The predicted molar refractivity (Wildman–Crippen MR) is 37.1 cm³/mol. The van der Waals surface area contributed by atoms with Crippen molar-refractivity contribution in [1.29, 1.82) is 0 Å². The summed E-state index contributed by atoms with van der Waals surface area (Å²) < 4.78 is 0. The minimum absolute atomic E-state index is 0.454. The highest BCUT2D eigenvalue weighted by atomic mass is 15.2. The Balaban J connectivity index is 2.33. The minimum Gasteiger partial charge on any atom is -0.355 e. The summed E-state index contributed by atoms with van der Waals surface area (Å²) in [5.41, 5.74) is 0. The summed E-state index contributed by atoms with van der Waals surface area (Å²) in [5, 5.41) is 6.07. The largest absolute Gasteiger partial charge is 0.355 e. The maximum atomic E-state index is 4.99. The summed E-state index contributed by atoms with van der Waals surface area (Å²) in [5.74, 6) is 3.25. The number of nitrogens with one attached hydrogen (secondary N) is 2. The molecular formula is C6H9N3. The number of nitrogens with zero attached hydrogens (tertiary/aromatic N) is 1. The maximum Gasteiger partial charge on any atom is 0.192 e. The second kappa shape index (κ2) is 2.98. The van der Waals surface area contributed by atoms with Crippen LogP contribution in [0.4, 0.5) is 0 Å². The third kappa shape index (κ3) is 1.65. The van der Waals surface area contributed by atoms with Gasteiger partial charge in [0.1, 0.15) is 6.54 Å². The molecule has 0 unspecified atom stereocenters. The molecule has 2 N–H and O–H groups in total. The third-order valence-electron chi connectivity index (χ3n) is 1.04. The molecule has 0 aliphatic carbocycles. The van der Waals surface area contributed by atoms with E-state index in [2.05, 4.69) is 21.5 Å². The van der Waals surface area contributed by atoms with Crippen molar-refractivity contribution in [3.05, 3.63) is 0 Å². The van der Waals surface area contributed by atoms with Gasteiger partial charge >= 0.3 is 0 Å². The monoisotopic (exact) mass is 123 g/mol. The van der Waals surface area contributed by atoms with Gasteiger partial charge in [0.15, 0.2) is 5.96 Å². The van der Waals surface area contributed by atoms with Crippen molar-refractivity contribution in [3.63, 3.8) is 0 Å². The van der Waals surface area contributed by atoms with Gasteiger partial charge in [0.2, 0.25) is 0 Å². The lowest BCUT2D eigenvalue weighted by atomic mass is 10.7. The fraction of sp³-hybridized carbons (Fsp3) is 0.500. The van der Waals surface area contributed by atoms with E-state index >= 15 is 0 Å². The molecule has 0 spiro atoms. The van der Waals surface area contributed by atoms with Crippen molar-refractivity contribution in [3.8, 4) is 12.3 Å². The molecule has 1 saturated heterocycles. The van der Waals surface area contributed by atoms with Crippen molar-refractivity contribution in [2.45, 2.75) is 0 Å². The van der Waals surface area contributed by atoms with Crippen LogP contribution in [-0.2, 0) is 0 Å². The Morgan fingerprint density at radius 1 is 1.56 bits per heavy atom. The fourth-order valence-electron chi connectivity index (χ4n) is 0.661. The first-order valence-electron chi connectivity index (χ1n) is 2.89. The molecule has 0 aromatic rings. The van der Waals surface area contributed by atoms with E-state index in [1.54, 1.807) is 0 Å². The van der Waals surface area contributed by atoms with E-state index in [-0.39, 0.29) is 0 Å². The number of hydrogen-bond donors (Lipinski definition) is 2. The first kappa shape index (κ1) is 5.96. The molecule has 0 atom stereocenters. The Hall–Kier alpha value is -1.17. The zero-order valence-electron chi connectivity index (χ0n) is 5.15. The molecule has 0 amide bonds. The van der Waals surface area contributed by atoms with Crippen LogP contribution in [0, 0.1) is 12.3 Å². The Morgan fingerprint density at radius 2 is 2.22 bits per heavy atom. The molecule has 1 aliphatic heterocycles. The van der Waals surface area contributed by atoms with Crippen LogP contribution in [0.5, 0.6) is 0 Å². The standard InChI is InChI=1S/C6H9N3/c1-2-3-7-6-8-4-5-9-6/h1H,3-5H2,(H2,7,8,9). The average Bonchev–Trinajstić information content (AvgIpc) is 2.34. The van der Waals surface area contributed by atoms with Crippen LogP contribution < -0.4 is 10.6 Å². The lowest BCUT2D eigenvalue weighted by Gasteiger charge is -1.93. The zero-order valence-corrected chi connectivity index (χ0v) is 5.15. The Morgan fingerprint density at radius 3 is 2.78 bits per heavy atom. The van der Waals surface area contributed by atoms with E-state index < -0.39 is 0 Å². The average molecular weight is 123 g/mol. The van der Waals surface area contributed by atoms with Gasteiger partial charge in [0, 0.05) is 13.1 Å². The molecule has 0 saturated carbocycles. The molecule has 9 heavy (non-hydrogen) atoms. The summed E-state index contributed by atoms with van der Waals surface area (Å²) in [6, 6.07) is 0. The zero-order chi connectivity index (χ0) is 6.53. The lowest BCUT2D eigenvalue weighted by Crippen LogP contribution is -2.23. The highest BCUT2D eigenvalue weighted by molar-refractivity contribution is 5.81. The van der Waals surface area contributed by atoms with E-state index in [0.717, 1.165) is 19.0 Å². The summed E-state index contributed by atoms with van der Waals surface area (Å²) in [6.07, 6.45) is 4.99. The molecule has 3 nitrogen and oxygen atoms in total. The summed E-state index contributed by atoms with van der Waals surface area (Å²) >= 11 is 0. The predicted octanol–water partition coefficient (Wildman–Crippen LogP) is -0.832. The Bertz CT molecular complexity index is 146. The third-order valence-corrected chi connectivity index (χ3v) is 1.04.